The lowest BCUT2D eigenvalue weighted by atomic mass is 9.62. The van der Waals surface area contributed by atoms with Crippen LogP contribution in [0.3, 0.4) is 0 Å². The van der Waals surface area contributed by atoms with Gasteiger partial charge in [-0.25, -0.2) is 18.7 Å². The van der Waals surface area contributed by atoms with E-state index in [2.05, 4.69) is 40.9 Å². The standard InChI is InChI=1S/C30H30F2N6O/c1-17(2)30(25-9-5-8-23(36-25)19-15-34-27(35-16-19)11-10-26(33)39)13-12-18(3)20-14-24(37-38-29(20)30)28-21(31)6-4-7-22(28)32/h4-9,14-18H,10-13H2,1-3H3,(H2,33,39)/t18-,30-/m0/s1. The van der Waals surface area contributed by atoms with Crippen LogP contribution in [0.1, 0.15) is 68.7 Å². The van der Waals surface area contributed by atoms with Crippen molar-refractivity contribution in [2.45, 2.75) is 57.8 Å². The summed E-state index contributed by atoms with van der Waals surface area (Å²) in [5, 5.41) is 8.97. The molecule has 1 amide bonds. The molecule has 0 aliphatic heterocycles. The Balaban J connectivity index is 1.57. The lowest BCUT2D eigenvalue weighted by Crippen LogP contribution is -2.40. The number of carbonyl (C=O) groups is 1. The van der Waals surface area contributed by atoms with E-state index in [1.807, 2.05) is 18.2 Å². The SMILES string of the molecule is CC(C)[C@]1(c2cccc(-c3cnc(CCC(N)=O)nc3)n2)CC[C@H](C)c2cc(-c3c(F)cccc3F)nnc21. The van der Waals surface area contributed by atoms with Crippen LogP contribution in [0.5, 0.6) is 0 Å². The Morgan fingerprint density at radius 2 is 1.74 bits per heavy atom. The molecule has 5 rings (SSSR count). The number of primary amides is 1. The normalized spacial score (nSPS) is 18.7. The van der Waals surface area contributed by atoms with Crippen molar-refractivity contribution in [1.82, 2.24) is 25.1 Å². The molecule has 2 atom stereocenters. The molecule has 3 aromatic heterocycles. The Morgan fingerprint density at radius 3 is 2.41 bits per heavy atom. The van der Waals surface area contributed by atoms with Crippen molar-refractivity contribution in [3.63, 3.8) is 0 Å². The highest BCUT2D eigenvalue weighted by molar-refractivity contribution is 5.73. The molecule has 3 heterocycles. The van der Waals surface area contributed by atoms with Gasteiger partial charge in [-0.05, 0) is 60.6 Å². The predicted molar refractivity (Wildman–Crippen MR) is 143 cm³/mol. The number of benzene rings is 1. The number of nitrogens with zero attached hydrogens (tertiary/aromatic N) is 5. The zero-order valence-electron chi connectivity index (χ0n) is 22.2. The number of fused-ring (bicyclic) bond motifs is 1. The van der Waals surface area contributed by atoms with Gasteiger partial charge in [0.25, 0.3) is 0 Å². The molecule has 1 aliphatic rings. The minimum absolute atomic E-state index is 0.115. The lowest BCUT2D eigenvalue weighted by molar-refractivity contribution is -0.118. The van der Waals surface area contributed by atoms with Gasteiger partial charge in [0.2, 0.25) is 5.91 Å². The third kappa shape index (κ3) is 4.89. The fraction of sp³-hybridized carbons (Fsp3) is 0.333. The van der Waals surface area contributed by atoms with Gasteiger partial charge in [0.05, 0.1) is 33.8 Å². The number of halogens is 2. The van der Waals surface area contributed by atoms with Crippen LogP contribution in [0, 0.1) is 17.6 Å². The van der Waals surface area contributed by atoms with Crippen LogP contribution in [0.25, 0.3) is 22.5 Å². The van der Waals surface area contributed by atoms with Crippen LogP contribution in [0.4, 0.5) is 8.78 Å². The highest BCUT2D eigenvalue weighted by Gasteiger charge is 2.46. The van der Waals surface area contributed by atoms with Gasteiger partial charge in [0, 0.05) is 30.8 Å². The predicted octanol–water partition coefficient (Wildman–Crippen LogP) is 5.53. The van der Waals surface area contributed by atoms with Crippen molar-refractivity contribution in [3.8, 4) is 22.5 Å². The summed E-state index contributed by atoms with van der Waals surface area (Å²) in [6, 6.07) is 11.4. The third-order valence-corrected chi connectivity index (χ3v) is 7.76. The Morgan fingerprint density at radius 1 is 1.05 bits per heavy atom. The molecule has 0 saturated heterocycles. The fourth-order valence-electron chi connectivity index (χ4n) is 5.51. The van der Waals surface area contributed by atoms with Crippen LogP contribution in [0.2, 0.25) is 0 Å². The Hall–Kier alpha value is -4.14. The molecule has 7 nitrogen and oxygen atoms in total. The fourth-order valence-corrected chi connectivity index (χ4v) is 5.51. The second kappa shape index (κ2) is 10.6. The first-order valence-electron chi connectivity index (χ1n) is 13.1. The summed E-state index contributed by atoms with van der Waals surface area (Å²) in [6.45, 7) is 6.38. The van der Waals surface area contributed by atoms with E-state index < -0.39 is 23.0 Å². The summed E-state index contributed by atoms with van der Waals surface area (Å²) in [7, 11) is 0. The van der Waals surface area contributed by atoms with Crippen LogP contribution < -0.4 is 5.73 Å². The highest BCUT2D eigenvalue weighted by atomic mass is 19.1. The number of carbonyl (C=O) groups excluding carboxylic acids is 1. The van der Waals surface area contributed by atoms with E-state index in [1.54, 1.807) is 18.5 Å². The molecule has 0 bridgehead atoms. The van der Waals surface area contributed by atoms with Crippen molar-refractivity contribution < 1.29 is 13.6 Å². The van der Waals surface area contributed by atoms with Gasteiger partial charge < -0.3 is 5.73 Å². The first-order chi connectivity index (χ1) is 18.7. The van der Waals surface area contributed by atoms with Crippen LogP contribution in [-0.2, 0) is 16.6 Å². The molecule has 0 radical (unpaired) electrons. The van der Waals surface area contributed by atoms with Gasteiger partial charge >= 0.3 is 0 Å². The molecule has 2 N–H and O–H groups in total. The van der Waals surface area contributed by atoms with Crippen molar-refractivity contribution in [2.24, 2.45) is 11.7 Å². The maximum Gasteiger partial charge on any atom is 0.217 e. The summed E-state index contributed by atoms with van der Waals surface area (Å²) >= 11 is 0. The number of aromatic nitrogens is 5. The summed E-state index contributed by atoms with van der Waals surface area (Å²) in [5.41, 5.74) is 8.74. The monoisotopic (exact) mass is 528 g/mol. The van der Waals surface area contributed by atoms with Gasteiger partial charge in [-0.2, -0.15) is 5.10 Å². The Bertz CT molecular complexity index is 1500. The zero-order chi connectivity index (χ0) is 27.7. The molecular weight excluding hydrogens is 498 g/mol. The summed E-state index contributed by atoms with van der Waals surface area (Å²) in [4.78, 5) is 24.9. The average Bonchev–Trinajstić information content (AvgIpc) is 2.92. The smallest absolute Gasteiger partial charge is 0.217 e. The van der Waals surface area contributed by atoms with Crippen molar-refractivity contribution in [3.05, 3.63) is 89.3 Å². The number of hydrogen-bond donors (Lipinski definition) is 1. The maximum absolute atomic E-state index is 14.6. The van der Waals surface area contributed by atoms with E-state index >= 15 is 0 Å². The van der Waals surface area contributed by atoms with Gasteiger partial charge in [0.15, 0.2) is 0 Å². The van der Waals surface area contributed by atoms with Crippen molar-refractivity contribution in [2.75, 3.05) is 0 Å². The minimum Gasteiger partial charge on any atom is -0.370 e. The van der Waals surface area contributed by atoms with E-state index in [4.69, 9.17) is 10.7 Å². The van der Waals surface area contributed by atoms with Crippen molar-refractivity contribution >= 4 is 5.91 Å². The van der Waals surface area contributed by atoms with Crippen LogP contribution in [0.15, 0.2) is 54.9 Å². The maximum atomic E-state index is 14.6. The molecule has 0 saturated carbocycles. The first-order valence-corrected chi connectivity index (χ1v) is 13.1. The summed E-state index contributed by atoms with van der Waals surface area (Å²) < 4.78 is 29.1. The number of pyridine rings is 1. The molecule has 4 aromatic rings. The van der Waals surface area contributed by atoms with Crippen molar-refractivity contribution in [1.29, 1.82) is 0 Å². The van der Waals surface area contributed by atoms with E-state index in [0.717, 1.165) is 35.4 Å². The molecule has 9 heteroatoms. The molecule has 0 fully saturated rings. The average molecular weight is 529 g/mol. The Kier molecular flexibility index (Phi) is 7.16. The third-order valence-electron chi connectivity index (χ3n) is 7.76. The molecule has 1 aliphatic carbocycles. The van der Waals surface area contributed by atoms with E-state index in [-0.39, 0.29) is 29.5 Å². The number of hydrogen-bond acceptors (Lipinski definition) is 6. The van der Waals surface area contributed by atoms with E-state index in [0.29, 0.717) is 17.9 Å². The van der Waals surface area contributed by atoms with Gasteiger partial charge in [-0.15, -0.1) is 5.10 Å². The molecule has 1 aromatic carbocycles. The summed E-state index contributed by atoms with van der Waals surface area (Å²) in [6.07, 6.45) is 5.63. The summed E-state index contributed by atoms with van der Waals surface area (Å²) in [5.74, 6) is -0.933. The number of nitrogens with two attached hydrogens (primary N) is 1. The number of aryl methyl sites for hydroxylation is 1. The first kappa shape index (κ1) is 26.5. The van der Waals surface area contributed by atoms with E-state index in [9.17, 15) is 13.6 Å². The molecular formula is C30H30F2N6O. The molecule has 39 heavy (non-hydrogen) atoms. The molecule has 0 spiro atoms. The zero-order valence-corrected chi connectivity index (χ0v) is 22.2. The van der Waals surface area contributed by atoms with Crippen LogP contribution >= 0.6 is 0 Å². The lowest BCUT2D eigenvalue weighted by Gasteiger charge is -2.42. The Labute approximate surface area is 226 Å². The second-order valence-corrected chi connectivity index (χ2v) is 10.5. The van der Waals surface area contributed by atoms with Gasteiger partial charge in [0.1, 0.15) is 17.5 Å². The topological polar surface area (TPSA) is 108 Å². The molecule has 200 valence electrons. The highest BCUT2D eigenvalue weighted by Crippen LogP contribution is 2.50. The molecule has 0 unspecified atom stereocenters. The number of rotatable bonds is 7. The number of amides is 1. The second-order valence-electron chi connectivity index (χ2n) is 10.5. The van der Waals surface area contributed by atoms with Gasteiger partial charge in [-0.3, -0.25) is 9.78 Å². The van der Waals surface area contributed by atoms with Crippen LogP contribution in [-0.4, -0.2) is 31.1 Å². The largest absolute Gasteiger partial charge is 0.370 e. The minimum atomic E-state index is -0.667. The van der Waals surface area contributed by atoms with Gasteiger partial charge in [-0.1, -0.05) is 32.9 Å². The van der Waals surface area contributed by atoms with E-state index in [1.165, 1.54) is 18.2 Å². The quantitative estimate of drug-likeness (QED) is 0.338.